The van der Waals surface area contributed by atoms with Crippen LogP contribution >= 0.6 is 0 Å². The number of terminal acetylenes is 1. The molecule has 0 unspecified atom stereocenters. The van der Waals surface area contributed by atoms with E-state index in [1.807, 2.05) is 6.07 Å². The van der Waals surface area contributed by atoms with Crippen LogP contribution in [0.5, 0.6) is 5.75 Å². The first-order valence-corrected chi connectivity index (χ1v) is 4.69. The quantitative estimate of drug-likeness (QED) is 0.694. The van der Waals surface area contributed by atoms with Gasteiger partial charge in [0, 0.05) is 0 Å². The van der Waals surface area contributed by atoms with Crippen molar-refractivity contribution in [3.05, 3.63) is 29.8 Å². The van der Waals surface area contributed by atoms with Crippen molar-refractivity contribution in [2.24, 2.45) is 0 Å². The molecule has 0 saturated heterocycles. The number of alkyl halides is 2. The molecule has 1 aromatic carbocycles. The Balaban J connectivity index is 2.24. The Morgan fingerprint density at radius 2 is 2.13 bits per heavy atom. The van der Waals surface area contributed by atoms with Gasteiger partial charge in [-0.2, -0.15) is 8.78 Å². The van der Waals surface area contributed by atoms with E-state index in [-0.39, 0.29) is 11.2 Å². The SMILES string of the molecule is C#CC1(c2cccc(OC(F)F)c2)CC1. The van der Waals surface area contributed by atoms with Crippen molar-refractivity contribution in [2.45, 2.75) is 24.9 Å². The average molecular weight is 208 g/mol. The van der Waals surface area contributed by atoms with Gasteiger partial charge in [-0.1, -0.05) is 18.1 Å². The third kappa shape index (κ3) is 1.94. The van der Waals surface area contributed by atoms with E-state index in [2.05, 4.69) is 10.7 Å². The van der Waals surface area contributed by atoms with Gasteiger partial charge in [0.1, 0.15) is 5.75 Å². The summed E-state index contributed by atoms with van der Waals surface area (Å²) in [5.41, 5.74) is 0.657. The maximum Gasteiger partial charge on any atom is 0.387 e. The van der Waals surface area contributed by atoms with E-state index >= 15 is 0 Å². The number of rotatable bonds is 3. The lowest BCUT2D eigenvalue weighted by Gasteiger charge is -2.10. The Morgan fingerprint density at radius 1 is 1.40 bits per heavy atom. The summed E-state index contributed by atoms with van der Waals surface area (Å²) in [5.74, 6) is 2.88. The first-order valence-electron chi connectivity index (χ1n) is 4.69. The molecule has 1 aromatic rings. The van der Waals surface area contributed by atoms with E-state index in [0.29, 0.717) is 0 Å². The Bertz CT molecular complexity index is 402. The van der Waals surface area contributed by atoms with Crippen LogP contribution in [0, 0.1) is 12.3 Å². The van der Waals surface area contributed by atoms with Crippen LogP contribution in [0.15, 0.2) is 24.3 Å². The van der Waals surface area contributed by atoms with E-state index in [1.165, 1.54) is 6.07 Å². The smallest absolute Gasteiger partial charge is 0.387 e. The van der Waals surface area contributed by atoms with Crippen molar-refractivity contribution < 1.29 is 13.5 Å². The third-order valence-corrected chi connectivity index (χ3v) is 2.64. The topological polar surface area (TPSA) is 9.23 Å². The highest BCUT2D eigenvalue weighted by atomic mass is 19.3. The monoisotopic (exact) mass is 208 g/mol. The molecule has 1 aliphatic carbocycles. The highest BCUT2D eigenvalue weighted by Gasteiger charge is 2.42. The molecule has 1 aliphatic rings. The van der Waals surface area contributed by atoms with E-state index in [9.17, 15) is 8.78 Å². The zero-order valence-electron chi connectivity index (χ0n) is 8.04. The number of hydrogen-bond acceptors (Lipinski definition) is 1. The van der Waals surface area contributed by atoms with Crippen LogP contribution in [0.1, 0.15) is 18.4 Å². The number of hydrogen-bond donors (Lipinski definition) is 0. The van der Waals surface area contributed by atoms with Gasteiger partial charge in [0.05, 0.1) is 5.41 Å². The number of ether oxygens (including phenoxy) is 1. The Hall–Kier alpha value is -1.56. The lowest BCUT2D eigenvalue weighted by atomic mass is 9.97. The van der Waals surface area contributed by atoms with Crippen LogP contribution in [-0.4, -0.2) is 6.61 Å². The minimum atomic E-state index is -2.79. The van der Waals surface area contributed by atoms with E-state index in [0.717, 1.165) is 18.4 Å². The first-order chi connectivity index (χ1) is 7.16. The summed E-state index contributed by atoms with van der Waals surface area (Å²) >= 11 is 0. The van der Waals surface area contributed by atoms with Gasteiger partial charge in [0.15, 0.2) is 0 Å². The van der Waals surface area contributed by atoms with Crippen molar-refractivity contribution in [1.29, 1.82) is 0 Å². The largest absolute Gasteiger partial charge is 0.435 e. The lowest BCUT2D eigenvalue weighted by Crippen LogP contribution is -2.05. The summed E-state index contributed by atoms with van der Waals surface area (Å²) in [4.78, 5) is 0. The summed E-state index contributed by atoms with van der Waals surface area (Å²) < 4.78 is 28.3. The fourth-order valence-corrected chi connectivity index (χ4v) is 1.61. The predicted octanol–water partition coefficient (Wildman–Crippen LogP) is 2.95. The zero-order chi connectivity index (χ0) is 10.9. The minimum Gasteiger partial charge on any atom is -0.435 e. The molecule has 15 heavy (non-hydrogen) atoms. The van der Waals surface area contributed by atoms with Gasteiger partial charge >= 0.3 is 6.61 Å². The maximum absolute atomic E-state index is 12.0. The molecule has 0 atom stereocenters. The molecular formula is C12H10F2O. The van der Waals surface area contributed by atoms with Gasteiger partial charge in [-0.15, -0.1) is 6.42 Å². The van der Waals surface area contributed by atoms with Crippen molar-refractivity contribution >= 4 is 0 Å². The van der Waals surface area contributed by atoms with Crippen LogP contribution in [0.3, 0.4) is 0 Å². The van der Waals surface area contributed by atoms with Crippen molar-refractivity contribution in [1.82, 2.24) is 0 Å². The second-order valence-electron chi connectivity index (χ2n) is 3.63. The first kappa shape index (κ1) is 9.97. The Morgan fingerprint density at radius 3 is 2.67 bits per heavy atom. The summed E-state index contributed by atoms with van der Waals surface area (Å²) in [6.45, 7) is -2.79. The maximum atomic E-state index is 12.0. The summed E-state index contributed by atoms with van der Waals surface area (Å²) in [7, 11) is 0. The Labute approximate surface area is 87.1 Å². The molecule has 78 valence electrons. The van der Waals surface area contributed by atoms with Crippen molar-refractivity contribution in [2.75, 3.05) is 0 Å². The molecule has 0 bridgehead atoms. The molecule has 0 aliphatic heterocycles. The van der Waals surface area contributed by atoms with E-state index < -0.39 is 6.61 Å². The molecule has 1 nitrogen and oxygen atoms in total. The standard InChI is InChI=1S/C12H10F2O/c1-2-12(6-7-12)9-4-3-5-10(8-9)15-11(13)14/h1,3-5,8,11H,6-7H2. The Kier molecular flexibility index (Phi) is 2.36. The average Bonchev–Trinajstić information content (AvgIpc) is 2.97. The molecule has 1 fully saturated rings. The normalized spacial score (nSPS) is 17.2. The zero-order valence-corrected chi connectivity index (χ0v) is 8.04. The van der Waals surface area contributed by atoms with Crippen LogP contribution in [0.25, 0.3) is 0 Å². The minimum absolute atomic E-state index is 0.170. The molecular weight excluding hydrogens is 198 g/mol. The van der Waals surface area contributed by atoms with Crippen molar-refractivity contribution in [3.63, 3.8) is 0 Å². The fraction of sp³-hybridized carbons (Fsp3) is 0.333. The van der Waals surface area contributed by atoms with Gasteiger partial charge in [-0.25, -0.2) is 0 Å². The van der Waals surface area contributed by atoms with Gasteiger partial charge in [-0.3, -0.25) is 0 Å². The van der Waals surface area contributed by atoms with Crippen LogP contribution in [0.2, 0.25) is 0 Å². The molecule has 0 spiro atoms. The molecule has 0 N–H and O–H groups in total. The number of halogens is 2. The summed E-state index contributed by atoms with van der Waals surface area (Å²) in [6.07, 6.45) is 7.25. The van der Waals surface area contributed by atoms with Gasteiger partial charge < -0.3 is 4.74 Å². The van der Waals surface area contributed by atoms with E-state index in [1.54, 1.807) is 12.1 Å². The fourth-order valence-electron chi connectivity index (χ4n) is 1.61. The third-order valence-electron chi connectivity index (χ3n) is 2.64. The molecule has 0 amide bonds. The summed E-state index contributed by atoms with van der Waals surface area (Å²) in [6, 6.07) is 6.64. The molecule has 3 heteroatoms. The highest BCUT2D eigenvalue weighted by Crippen LogP contribution is 2.48. The molecule has 0 radical (unpaired) electrons. The van der Waals surface area contributed by atoms with Gasteiger partial charge in [-0.05, 0) is 30.5 Å². The van der Waals surface area contributed by atoms with Crippen LogP contribution in [-0.2, 0) is 5.41 Å². The van der Waals surface area contributed by atoms with Crippen molar-refractivity contribution in [3.8, 4) is 18.1 Å². The second kappa shape index (κ2) is 3.54. The molecule has 2 rings (SSSR count). The molecule has 0 heterocycles. The van der Waals surface area contributed by atoms with E-state index in [4.69, 9.17) is 6.42 Å². The summed E-state index contributed by atoms with van der Waals surface area (Å²) in [5, 5.41) is 0. The molecule has 0 aromatic heterocycles. The van der Waals surface area contributed by atoms with Gasteiger partial charge in [0.25, 0.3) is 0 Å². The molecule has 1 saturated carbocycles. The second-order valence-corrected chi connectivity index (χ2v) is 3.63. The van der Waals surface area contributed by atoms with Crippen LogP contribution < -0.4 is 4.74 Å². The van der Waals surface area contributed by atoms with Gasteiger partial charge in [0.2, 0.25) is 0 Å². The van der Waals surface area contributed by atoms with Crippen LogP contribution in [0.4, 0.5) is 8.78 Å². The number of benzene rings is 1. The predicted molar refractivity (Wildman–Crippen MR) is 52.8 cm³/mol. The highest BCUT2D eigenvalue weighted by molar-refractivity contribution is 5.43. The lowest BCUT2D eigenvalue weighted by molar-refractivity contribution is -0.0498.